The summed E-state index contributed by atoms with van der Waals surface area (Å²) in [5.41, 5.74) is 5.20. The van der Waals surface area contributed by atoms with Crippen molar-refractivity contribution in [1.82, 2.24) is 5.32 Å². The minimum absolute atomic E-state index is 0.875. The van der Waals surface area contributed by atoms with Crippen molar-refractivity contribution < 1.29 is 0 Å². The third-order valence-corrected chi connectivity index (χ3v) is 3.06. The number of fused-ring (bicyclic) bond motifs is 1. The topological polar surface area (TPSA) is 15.3 Å². The van der Waals surface area contributed by atoms with Gasteiger partial charge in [0.15, 0.2) is 0 Å². The zero-order valence-electron chi connectivity index (χ0n) is 10.7. The van der Waals surface area contributed by atoms with E-state index < -0.39 is 0 Å². The molecule has 90 valence electrons. The van der Waals surface area contributed by atoms with E-state index in [1.165, 1.54) is 16.8 Å². The average Bonchev–Trinajstić information content (AvgIpc) is 2.69. The Morgan fingerprint density at radius 2 is 2.35 bits per heavy atom. The van der Waals surface area contributed by atoms with Gasteiger partial charge in [0.25, 0.3) is 0 Å². The van der Waals surface area contributed by atoms with Gasteiger partial charge in [-0.1, -0.05) is 30.4 Å². The third-order valence-electron chi connectivity index (χ3n) is 3.06. The van der Waals surface area contributed by atoms with Crippen LogP contribution in [0.25, 0.3) is 0 Å². The molecule has 1 N–H and O–H groups in total. The number of rotatable bonds is 4. The maximum atomic E-state index is 4.04. The molecule has 17 heavy (non-hydrogen) atoms. The molecule has 0 saturated carbocycles. The second kappa shape index (κ2) is 5.09. The number of nitrogens with zero attached hydrogens (tertiary/aromatic N) is 1. The summed E-state index contributed by atoms with van der Waals surface area (Å²) in [5.74, 6) is 0. The summed E-state index contributed by atoms with van der Waals surface area (Å²) in [6.07, 6.45) is 5.05. The fraction of sp³-hybridized carbons (Fsp3) is 0.333. The molecule has 0 fully saturated rings. The van der Waals surface area contributed by atoms with E-state index >= 15 is 0 Å². The molecular formula is C15H20N2. The number of anilines is 1. The third kappa shape index (κ3) is 2.70. The fourth-order valence-corrected chi connectivity index (χ4v) is 2.24. The van der Waals surface area contributed by atoms with Gasteiger partial charge in [0.05, 0.1) is 6.54 Å². The lowest BCUT2D eigenvalue weighted by molar-refractivity contribution is 0.844. The molecule has 0 radical (unpaired) electrons. The molecule has 1 aliphatic rings. The van der Waals surface area contributed by atoms with Crippen LogP contribution in [0, 0.1) is 6.92 Å². The predicted molar refractivity (Wildman–Crippen MR) is 74.2 cm³/mol. The van der Waals surface area contributed by atoms with Crippen LogP contribution in [0.1, 0.15) is 18.1 Å². The molecule has 1 heterocycles. The number of allylic oxidation sites excluding steroid dienone is 1. The van der Waals surface area contributed by atoms with E-state index in [9.17, 15) is 0 Å². The molecule has 2 rings (SSSR count). The Morgan fingerprint density at radius 1 is 1.53 bits per heavy atom. The molecular weight excluding hydrogens is 208 g/mol. The van der Waals surface area contributed by atoms with Crippen molar-refractivity contribution in [2.45, 2.75) is 20.3 Å². The van der Waals surface area contributed by atoms with Gasteiger partial charge in [-0.3, -0.25) is 0 Å². The minimum atomic E-state index is 0.875. The Kier molecular flexibility index (Phi) is 3.52. The molecule has 0 aliphatic carbocycles. The Hall–Kier alpha value is -1.70. The van der Waals surface area contributed by atoms with E-state index in [1.54, 1.807) is 0 Å². The van der Waals surface area contributed by atoms with Crippen LogP contribution >= 0.6 is 0 Å². The highest BCUT2D eigenvalue weighted by molar-refractivity contribution is 5.59. The highest BCUT2D eigenvalue weighted by Gasteiger charge is 2.18. The second-order valence-electron chi connectivity index (χ2n) is 4.55. The molecule has 2 heteroatoms. The summed E-state index contributed by atoms with van der Waals surface area (Å²) in [6.45, 7) is 10.2. The number of benzene rings is 1. The van der Waals surface area contributed by atoms with E-state index in [-0.39, 0.29) is 0 Å². The Morgan fingerprint density at radius 3 is 3.12 bits per heavy atom. The summed E-state index contributed by atoms with van der Waals surface area (Å²) in [6, 6.07) is 6.69. The van der Waals surface area contributed by atoms with Gasteiger partial charge in [0.2, 0.25) is 0 Å². The van der Waals surface area contributed by atoms with Gasteiger partial charge in [-0.15, -0.1) is 0 Å². The zero-order chi connectivity index (χ0) is 12.3. The maximum absolute atomic E-state index is 4.04. The van der Waals surface area contributed by atoms with Crippen molar-refractivity contribution in [3.63, 3.8) is 0 Å². The molecule has 0 spiro atoms. The van der Waals surface area contributed by atoms with Gasteiger partial charge < -0.3 is 10.2 Å². The van der Waals surface area contributed by atoms with E-state index in [2.05, 4.69) is 41.9 Å². The molecule has 1 aromatic rings. The lowest BCUT2D eigenvalue weighted by Crippen LogP contribution is -2.26. The molecule has 0 amide bonds. The predicted octanol–water partition coefficient (Wildman–Crippen LogP) is 2.99. The minimum Gasteiger partial charge on any atom is -0.365 e. The fourth-order valence-electron chi connectivity index (χ4n) is 2.24. The SMILES string of the molecule is C=C(CN1CCc2cc(C)ccc21)N/C=C\C. The van der Waals surface area contributed by atoms with Crippen molar-refractivity contribution in [2.75, 3.05) is 18.0 Å². The van der Waals surface area contributed by atoms with Crippen molar-refractivity contribution in [3.05, 3.63) is 53.9 Å². The smallest absolute Gasteiger partial charge is 0.0573 e. The first kappa shape index (κ1) is 11.8. The number of aryl methyl sites for hydroxylation is 1. The van der Waals surface area contributed by atoms with E-state index in [0.717, 1.165) is 25.2 Å². The van der Waals surface area contributed by atoms with Crippen LogP contribution < -0.4 is 10.2 Å². The van der Waals surface area contributed by atoms with Gasteiger partial charge in [-0.2, -0.15) is 0 Å². The van der Waals surface area contributed by atoms with Crippen LogP contribution in [-0.4, -0.2) is 13.1 Å². The largest absolute Gasteiger partial charge is 0.365 e. The van der Waals surface area contributed by atoms with Gasteiger partial charge >= 0.3 is 0 Å². The quantitative estimate of drug-likeness (QED) is 0.852. The zero-order valence-corrected chi connectivity index (χ0v) is 10.7. The summed E-state index contributed by atoms with van der Waals surface area (Å²) in [7, 11) is 0. The first-order valence-electron chi connectivity index (χ1n) is 6.10. The van der Waals surface area contributed by atoms with Crippen LogP contribution in [0.4, 0.5) is 5.69 Å². The molecule has 0 saturated heterocycles. The van der Waals surface area contributed by atoms with Crippen molar-refractivity contribution >= 4 is 5.69 Å². The Labute approximate surface area is 104 Å². The van der Waals surface area contributed by atoms with Crippen LogP contribution in [0.15, 0.2) is 42.8 Å². The van der Waals surface area contributed by atoms with Crippen LogP contribution in [0.5, 0.6) is 0 Å². The summed E-state index contributed by atoms with van der Waals surface area (Å²) >= 11 is 0. The molecule has 0 bridgehead atoms. The van der Waals surface area contributed by atoms with Gasteiger partial charge in [0, 0.05) is 17.9 Å². The van der Waals surface area contributed by atoms with E-state index in [4.69, 9.17) is 0 Å². The van der Waals surface area contributed by atoms with Crippen LogP contribution in [-0.2, 0) is 6.42 Å². The van der Waals surface area contributed by atoms with Gasteiger partial charge in [-0.25, -0.2) is 0 Å². The van der Waals surface area contributed by atoms with Crippen LogP contribution in [0.2, 0.25) is 0 Å². The van der Waals surface area contributed by atoms with E-state index in [1.807, 2.05) is 19.2 Å². The van der Waals surface area contributed by atoms with Gasteiger partial charge in [0.1, 0.15) is 0 Å². The molecule has 1 aliphatic heterocycles. The number of hydrogen-bond donors (Lipinski definition) is 1. The first-order valence-corrected chi connectivity index (χ1v) is 6.10. The van der Waals surface area contributed by atoms with Gasteiger partial charge in [-0.05, 0) is 38.1 Å². The number of hydrogen-bond acceptors (Lipinski definition) is 2. The molecule has 1 aromatic carbocycles. The molecule has 0 atom stereocenters. The van der Waals surface area contributed by atoms with Crippen molar-refractivity contribution in [2.24, 2.45) is 0 Å². The summed E-state index contributed by atoms with van der Waals surface area (Å²) in [5, 5.41) is 3.18. The van der Waals surface area contributed by atoms with Crippen LogP contribution in [0.3, 0.4) is 0 Å². The molecule has 2 nitrogen and oxygen atoms in total. The maximum Gasteiger partial charge on any atom is 0.0573 e. The molecule has 0 unspecified atom stereocenters. The first-order chi connectivity index (χ1) is 8.20. The number of nitrogens with one attached hydrogen (secondary N) is 1. The lowest BCUT2D eigenvalue weighted by atomic mass is 10.1. The normalized spacial score (nSPS) is 14.1. The average molecular weight is 228 g/mol. The lowest BCUT2D eigenvalue weighted by Gasteiger charge is -2.20. The summed E-state index contributed by atoms with van der Waals surface area (Å²) < 4.78 is 0. The Balaban J connectivity index is 2.04. The highest BCUT2D eigenvalue weighted by Crippen LogP contribution is 2.28. The van der Waals surface area contributed by atoms with Crippen molar-refractivity contribution in [1.29, 1.82) is 0 Å². The summed E-state index contributed by atoms with van der Waals surface area (Å²) in [4.78, 5) is 2.38. The Bertz CT molecular complexity index is 446. The van der Waals surface area contributed by atoms with Crippen molar-refractivity contribution in [3.8, 4) is 0 Å². The highest BCUT2D eigenvalue weighted by atomic mass is 15.2. The van der Waals surface area contributed by atoms with E-state index in [0.29, 0.717) is 0 Å². The second-order valence-corrected chi connectivity index (χ2v) is 4.55. The molecule has 0 aromatic heterocycles. The monoisotopic (exact) mass is 228 g/mol. The standard InChI is InChI=1S/C15H20N2/c1-4-8-16-13(3)11-17-9-7-14-10-12(2)5-6-15(14)17/h4-6,8,10,16H,3,7,9,11H2,1-2H3/b8-4-.